The van der Waals surface area contributed by atoms with Crippen LogP contribution in [0.1, 0.15) is 47.4 Å². The Hall–Kier alpha value is -2.94. The highest BCUT2D eigenvalue weighted by Crippen LogP contribution is 2.22. The summed E-state index contributed by atoms with van der Waals surface area (Å²) in [6, 6.07) is 7.13. The molecule has 0 radical (unpaired) electrons. The Balaban J connectivity index is 1.35. The van der Waals surface area contributed by atoms with Crippen molar-refractivity contribution in [1.82, 2.24) is 25.3 Å². The maximum Gasteiger partial charge on any atom is 0.261 e. The summed E-state index contributed by atoms with van der Waals surface area (Å²) in [6.07, 6.45) is 1.55. The van der Waals surface area contributed by atoms with Crippen molar-refractivity contribution < 1.29 is 14.4 Å². The van der Waals surface area contributed by atoms with E-state index in [1.807, 2.05) is 13.8 Å². The van der Waals surface area contributed by atoms with Gasteiger partial charge in [-0.2, -0.15) is 0 Å². The van der Waals surface area contributed by atoms with Crippen molar-refractivity contribution in [3.63, 3.8) is 0 Å². The molecule has 32 heavy (non-hydrogen) atoms. The number of nitrogens with one attached hydrogen (secondary N) is 2. The maximum atomic E-state index is 12.4. The molecule has 1 fully saturated rings. The predicted molar refractivity (Wildman–Crippen MR) is 124 cm³/mol. The summed E-state index contributed by atoms with van der Waals surface area (Å²) >= 11 is 0. The second-order valence-corrected chi connectivity index (χ2v) is 8.47. The van der Waals surface area contributed by atoms with Gasteiger partial charge in [0.15, 0.2) is 5.96 Å². The SMILES string of the molecule is CN=C(NCCCCN1C(=O)c2ccccc2C1=O)N1CCN(CC(=O)NC(C)C)CC1. The van der Waals surface area contributed by atoms with Gasteiger partial charge in [-0.05, 0) is 38.8 Å². The lowest BCUT2D eigenvalue weighted by molar-refractivity contribution is -0.123. The molecule has 1 aromatic rings. The molecule has 0 bridgehead atoms. The molecule has 0 unspecified atom stereocenters. The first kappa shape index (κ1) is 23.7. The minimum Gasteiger partial charge on any atom is -0.356 e. The summed E-state index contributed by atoms with van der Waals surface area (Å²) in [5, 5.41) is 6.31. The maximum absolute atomic E-state index is 12.4. The van der Waals surface area contributed by atoms with Crippen LogP contribution in [0, 0.1) is 0 Å². The Morgan fingerprint density at radius 1 is 1.03 bits per heavy atom. The number of carbonyl (C=O) groups excluding carboxylic acids is 3. The quantitative estimate of drug-likeness (QED) is 0.267. The third-order valence-corrected chi connectivity index (χ3v) is 5.67. The van der Waals surface area contributed by atoms with Crippen LogP contribution in [-0.2, 0) is 4.79 Å². The van der Waals surface area contributed by atoms with Crippen molar-refractivity contribution in [3.8, 4) is 0 Å². The molecular formula is C23H34N6O3. The summed E-state index contributed by atoms with van der Waals surface area (Å²) in [7, 11) is 1.77. The average Bonchev–Trinajstić information content (AvgIpc) is 3.01. The van der Waals surface area contributed by atoms with Crippen LogP contribution in [0.25, 0.3) is 0 Å². The van der Waals surface area contributed by atoms with Crippen LogP contribution in [0.5, 0.6) is 0 Å². The van der Waals surface area contributed by atoms with Gasteiger partial charge >= 0.3 is 0 Å². The number of carbonyl (C=O) groups is 3. The van der Waals surface area contributed by atoms with Gasteiger partial charge in [-0.25, -0.2) is 0 Å². The highest BCUT2D eigenvalue weighted by atomic mass is 16.2. The number of piperazine rings is 1. The highest BCUT2D eigenvalue weighted by Gasteiger charge is 2.34. The molecule has 9 heteroatoms. The van der Waals surface area contributed by atoms with Gasteiger partial charge in [0.2, 0.25) is 5.91 Å². The van der Waals surface area contributed by atoms with Gasteiger partial charge in [0.25, 0.3) is 11.8 Å². The second kappa shape index (κ2) is 11.1. The first-order chi connectivity index (χ1) is 15.4. The number of guanidine groups is 1. The molecule has 3 rings (SSSR count). The predicted octanol–water partition coefficient (Wildman–Crippen LogP) is 0.780. The molecule has 0 aromatic heterocycles. The van der Waals surface area contributed by atoms with E-state index in [0.29, 0.717) is 30.8 Å². The monoisotopic (exact) mass is 442 g/mol. The fourth-order valence-electron chi connectivity index (χ4n) is 4.06. The third-order valence-electron chi connectivity index (χ3n) is 5.67. The normalized spacial score (nSPS) is 17.2. The molecular weight excluding hydrogens is 408 g/mol. The topological polar surface area (TPSA) is 97.3 Å². The standard InChI is InChI=1S/C23H34N6O3/c1-17(2)26-20(30)16-27-12-14-28(15-13-27)23(24-3)25-10-6-7-11-29-21(31)18-8-4-5-9-19(18)22(29)32/h4-5,8-9,17H,6-7,10-16H2,1-3H3,(H,24,25)(H,26,30). The zero-order chi connectivity index (χ0) is 23.1. The summed E-state index contributed by atoms with van der Waals surface area (Å²) < 4.78 is 0. The molecule has 0 saturated carbocycles. The van der Waals surface area contributed by atoms with Gasteiger partial charge in [0.1, 0.15) is 0 Å². The molecule has 2 aliphatic rings. The van der Waals surface area contributed by atoms with Gasteiger partial charge in [-0.1, -0.05) is 12.1 Å². The van der Waals surface area contributed by atoms with Gasteiger partial charge in [0.05, 0.1) is 17.7 Å². The van der Waals surface area contributed by atoms with E-state index < -0.39 is 0 Å². The molecule has 1 saturated heterocycles. The highest BCUT2D eigenvalue weighted by molar-refractivity contribution is 6.21. The fourth-order valence-corrected chi connectivity index (χ4v) is 4.06. The van der Waals surface area contributed by atoms with E-state index in [4.69, 9.17) is 0 Å². The zero-order valence-electron chi connectivity index (χ0n) is 19.3. The molecule has 3 amide bonds. The van der Waals surface area contributed by atoms with Crippen LogP contribution < -0.4 is 10.6 Å². The zero-order valence-corrected chi connectivity index (χ0v) is 19.3. The van der Waals surface area contributed by atoms with Gasteiger partial charge in [-0.15, -0.1) is 0 Å². The number of unbranched alkanes of at least 4 members (excludes halogenated alkanes) is 1. The van der Waals surface area contributed by atoms with Crippen molar-refractivity contribution in [2.24, 2.45) is 4.99 Å². The second-order valence-electron chi connectivity index (χ2n) is 8.47. The van der Waals surface area contributed by atoms with E-state index in [-0.39, 0.29) is 23.8 Å². The minimum atomic E-state index is -0.200. The molecule has 174 valence electrons. The van der Waals surface area contributed by atoms with Crippen LogP contribution >= 0.6 is 0 Å². The fraction of sp³-hybridized carbons (Fsp3) is 0.565. The lowest BCUT2D eigenvalue weighted by atomic mass is 10.1. The first-order valence-corrected chi connectivity index (χ1v) is 11.3. The molecule has 2 aliphatic heterocycles. The summed E-state index contributed by atoms with van der Waals surface area (Å²) in [5.41, 5.74) is 0.994. The lowest BCUT2D eigenvalue weighted by Gasteiger charge is -2.36. The van der Waals surface area contributed by atoms with Crippen LogP contribution in [0.2, 0.25) is 0 Å². The Labute approximate surface area is 189 Å². The summed E-state index contributed by atoms with van der Waals surface area (Å²) in [6.45, 7) is 8.73. The van der Waals surface area contributed by atoms with Gasteiger partial charge in [-0.3, -0.25) is 29.2 Å². The van der Waals surface area contributed by atoms with Crippen LogP contribution in [0.4, 0.5) is 0 Å². The van der Waals surface area contributed by atoms with E-state index in [2.05, 4.69) is 25.4 Å². The van der Waals surface area contributed by atoms with E-state index in [0.717, 1.165) is 45.0 Å². The minimum absolute atomic E-state index is 0.0639. The molecule has 9 nitrogen and oxygen atoms in total. The lowest BCUT2D eigenvalue weighted by Crippen LogP contribution is -2.54. The Kier molecular flexibility index (Phi) is 8.21. The molecule has 0 spiro atoms. The number of imide groups is 1. The first-order valence-electron chi connectivity index (χ1n) is 11.3. The number of amides is 3. The van der Waals surface area contributed by atoms with E-state index in [9.17, 15) is 14.4 Å². The van der Waals surface area contributed by atoms with E-state index in [1.54, 1.807) is 31.3 Å². The number of hydrogen-bond acceptors (Lipinski definition) is 5. The number of nitrogens with zero attached hydrogens (tertiary/aromatic N) is 4. The number of fused-ring (bicyclic) bond motifs is 1. The Bertz CT molecular complexity index is 826. The smallest absolute Gasteiger partial charge is 0.261 e. The molecule has 2 heterocycles. The van der Waals surface area contributed by atoms with Crippen molar-refractivity contribution in [2.75, 3.05) is 52.9 Å². The Morgan fingerprint density at radius 2 is 1.66 bits per heavy atom. The van der Waals surface area contributed by atoms with Crippen LogP contribution in [-0.4, -0.2) is 97.3 Å². The summed E-state index contributed by atoms with van der Waals surface area (Å²) in [4.78, 5) is 46.8. The molecule has 0 aliphatic carbocycles. The van der Waals surface area contributed by atoms with Crippen molar-refractivity contribution in [1.29, 1.82) is 0 Å². The number of aliphatic imine (C=N–C) groups is 1. The molecule has 0 atom stereocenters. The van der Waals surface area contributed by atoms with Crippen molar-refractivity contribution in [2.45, 2.75) is 32.7 Å². The molecule has 1 aromatic carbocycles. The van der Waals surface area contributed by atoms with Crippen molar-refractivity contribution >= 4 is 23.7 Å². The van der Waals surface area contributed by atoms with Crippen LogP contribution in [0.15, 0.2) is 29.3 Å². The number of hydrogen-bond donors (Lipinski definition) is 2. The third kappa shape index (κ3) is 5.85. The molecule has 2 N–H and O–H groups in total. The van der Waals surface area contributed by atoms with Gasteiger partial charge < -0.3 is 15.5 Å². The van der Waals surface area contributed by atoms with Gasteiger partial charge in [0, 0.05) is 52.4 Å². The average molecular weight is 443 g/mol. The summed E-state index contributed by atoms with van der Waals surface area (Å²) in [5.74, 6) is 0.509. The number of benzene rings is 1. The number of rotatable bonds is 8. The van der Waals surface area contributed by atoms with E-state index in [1.165, 1.54) is 4.90 Å². The van der Waals surface area contributed by atoms with Crippen LogP contribution in [0.3, 0.4) is 0 Å². The Morgan fingerprint density at radius 3 is 2.22 bits per heavy atom. The largest absolute Gasteiger partial charge is 0.356 e. The van der Waals surface area contributed by atoms with Crippen molar-refractivity contribution in [3.05, 3.63) is 35.4 Å². The van der Waals surface area contributed by atoms with E-state index >= 15 is 0 Å².